The third-order valence-electron chi connectivity index (χ3n) is 4.88. The summed E-state index contributed by atoms with van der Waals surface area (Å²) in [6.07, 6.45) is 1.27. The van der Waals surface area contributed by atoms with E-state index >= 15 is 0 Å². The summed E-state index contributed by atoms with van der Waals surface area (Å²) in [6.45, 7) is 0.368. The first-order valence-electron chi connectivity index (χ1n) is 9.52. The van der Waals surface area contributed by atoms with Crippen LogP contribution in [0.4, 0.5) is 13.2 Å². The molecule has 0 atom stereocenters. The van der Waals surface area contributed by atoms with E-state index < -0.39 is 6.36 Å². The number of nitrogens with two attached hydrogens (primary N) is 1. The van der Waals surface area contributed by atoms with Crippen LogP contribution in [0.3, 0.4) is 0 Å². The molecule has 0 bridgehead atoms. The number of nitrogens with zero attached hydrogens (tertiary/aromatic N) is 2. The minimum atomic E-state index is -4.74. The average Bonchev–Trinajstić information content (AvgIpc) is 2.65. The Bertz CT molecular complexity index is 909. The number of hydrogen-bond donors (Lipinski definition) is 2. The van der Waals surface area contributed by atoms with Gasteiger partial charge in [0.25, 0.3) is 5.91 Å². The van der Waals surface area contributed by atoms with Gasteiger partial charge >= 0.3 is 6.36 Å². The number of ether oxygens (including phenoxy) is 1. The van der Waals surface area contributed by atoms with E-state index in [4.69, 9.17) is 5.73 Å². The van der Waals surface area contributed by atoms with E-state index in [-0.39, 0.29) is 23.4 Å². The van der Waals surface area contributed by atoms with Crippen molar-refractivity contribution >= 4 is 5.91 Å². The van der Waals surface area contributed by atoms with Gasteiger partial charge in [-0.15, -0.1) is 13.2 Å². The predicted molar refractivity (Wildman–Crippen MR) is 106 cm³/mol. The first-order valence-corrected chi connectivity index (χ1v) is 9.52. The number of halogens is 3. The molecule has 1 fully saturated rings. The second kappa shape index (κ2) is 9.06. The number of hydrogen-bond acceptors (Lipinski definition) is 5. The van der Waals surface area contributed by atoms with Gasteiger partial charge in [0.05, 0.1) is 5.69 Å². The number of rotatable bonds is 7. The molecule has 1 aromatic heterocycles. The molecule has 1 aromatic carbocycles. The zero-order chi connectivity index (χ0) is 21.7. The van der Waals surface area contributed by atoms with Gasteiger partial charge in [0, 0.05) is 37.6 Å². The number of alkyl halides is 3. The maximum atomic E-state index is 12.7. The Morgan fingerprint density at radius 3 is 2.57 bits per heavy atom. The van der Waals surface area contributed by atoms with Crippen LogP contribution in [0.5, 0.6) is 5.75 Å². The lowest BCUT2D eigenvalue weighted by atomic mass is 9.90. The highest BCUT2D eigenvalue weighted by atomic mass is 19.4. The van der Waals surface area contributed by atoms with E-state index in [9.17, 15) is 18.0 Å². The number of aromatic nitrogens is 1. The van der Waals surface area contributed by atoms with Gasteiger partial charge < -0.3 is 20.7 Å². The van der Waals surface area contributed by atoms with Crippen molar-refractivity contribution in [2.24, 2.45) is 5.73 Å². The number of benzene rings is 1. The minimum Gasteiger partial charge on any atom is -0.406 e. The summed E-state index contributed by atoms with van der Waals surface area (Å²) in [5.41, 5.74) is 8.10. The molecule has 160 valence electrons. The van der Waals surface area contributed by atoms with Gasteiger partial charge in [-0.1, -0.05) is 0 Å². The largest absolute Gasteiger partial charge is 0.573 e. The van der Waals surface area contributed by atoms with Crippen molar-refractivity contribution < 1.29 is 22.7 Å². The number of amides is 1. The molecular formula is C21H23F3N4O2. The van der Waals surface area contributed by atoms with Crippen molar-refractivity contribution in [1.82, 2.24) is 15.2 Å². The molecule has 3 rings (SSSR count). The van der Waals surface area contributed by atoms with Gasteiger partial charge in [0.1, 0.15) is 11.4 Å². The quantitative estimate of drug-likeness (QED) is 0.670. The molecular weight excluding hydrogens is 397 g/mol. The van der Waals surface area contributed by atoms with E-state index in [2.05, 4.69) is 15.0 Å². The van der Waals surface area contributed by atoms with Crippen molar-refractivity contribution in [3.8, 4) is 17.0 Å². The zero-order valence-corrected chi connectivity index (χ0v) is 16.4. The summed E-state index contributed by atoms with van der Waals surface area (Å²) >= 11 is 0. The van der Waals surface area contributed by atoms with Gasteiger partial charge in [0.2, 0.25) is 0 Å². The number of carbonyl (C=O) groups excluding carboxylic acids is 1. The third kappa shape index (κ3) is 5.43. The third-order valence-corrected chi connectivity index (χ3v) is 4.88. The zero-order valence-electron chi connectivity index (χ0n) is 16.4. The minimum absolute atomic E-state index is 0.136. The van der Waals surface area contributed by atoms with E-state index in [1.807, 2.05) is 12.1 Å². The second-order valence-electron chi connectivity index (χ2n) is 7.03. The van der Waals surface area contributed by atoms with Gasteiger partial charge in [-0.3, -0.25) is 9.78 Å². The van der Waals surface area contributed by atoms with Crippen molar-refractivity contribution in [3.05, 3.63) is 60.1 Å². The first-order chi connectivity index (χ1) is 14.3. The Kier molecular flexibility index (Phi) is 6.49. The lowest BCUT2D eigenvalue weighted by Gasteiger charge is -2.37. The van der Waals surface area contributed by atoms with Crippen LogP contribution in [0.25, 0.3) is 11.3 Å². The molecule has 6 nitrogen and oxygen atoms in total. The van der Waals surface area contributed by atoms with Crippen LogP contribution < -0.4 is 15.8 Å². The number of carbonyl (C=O) groups is 1. The standard InChI is InChI=1S/C21H23F3N4O2/c1-26-12-18(25)20(29)28(16-3-2-4-16)13-14-9-10-27-19(11-14)15-5-7-17(8-6-15)30-21(22,23)24/h5-12,16,26H,2-4,13,25H2,1H3/b18-12-. The molecule has 3 N–H and O–H groups in total. The van der Waals surface area contributed by atoms with Gasteiger partial charge in [-0.2, -0.15) is 0 Å². The van der Waals surface area contributed by atoms with Crippen LogP contribution in [0.15, 0.2) is 54.5 Å². The van der Waals surface area contributed by atoms with Gasteiger partial charge in [0.15, 0.2) is 0 Å². The first kappa shape index (κ1) is 21.5. The van der Waals surface area contributed by atoms with E-state index in [0.717, 1.165) is 24.8 Å². The molecule has 1 heterocycles. The fourth-order valence-corrected chi connectivity index (χ4v) is 3.20. The van der Waals surface area contributed by atoms with Crippen LogP contribution in [-0.2, 0) is 11.3 Å². The SMILES string of the molecule is CN/C=C(\N)C(=O)N(Cc1ccnc(-c2ccc(OC(F)(F)F)cc2)c1)C1CCC1. The number of pyridine rings is 1. The molecule has 0 radical (unpaired) electrons. The average molecular weight is 420 g/mol. The topological polar surface area (TPSA) is 80.5 Å². The normalized spacial score (nSPS) is 14.7. The smallest absolute Gasteiger partial charge is 0.406 e. The summed E-state index contributed by atoms with van der Waals surface area (Å²) < 4.78 is 40.9. The molecule has 9 heteroatoms. The van der Waals surface area contributed by atoms with Crippen molar-refractivity contribution in [1.29, 1.82) is 0 Å². The molecule has 2 aromatic rings. The summed E-state index contributed by atoms with van der Waals surface area (Å²) in [5, 5.41) is 2.77. The molecule has 0 unspecified atom stereocenters. The van der Waals surface area contributed by atoms with Crippen LogP contribution in [0.2, 0.25) is 0 Å². The Hall–Kier alpha value is -3.23. The number of nitrogens with one attached hydrogen (secondary N) is 1. The predicted octanol–water partition coefficient (Wildman–Crippen LogP) is 3.55. The Morgan fingerprint density at radius 1 is 1.30 bits per heavy atom. The van der Waals surface area contributed by atoms with Gasteiger partial charge in [-0.05, 0) is 61.2 Å². The highest BCUT2D eigenvalue weighted by Crippen LogP contribution is 2.29. The van der Waals surface area contributed by atoms with Crippen LogP contribution in [0.1, 0.15) is 24.8 Å². The summed E-state index contributed by atoms with van der Waals surface area (Å²) in [7, 11) is 1.67. The Morgan fingerprint density at radius 2 is 2.00 bits per heavy atom. The molecule has 0 aliphatic heterocycles. The van der Waals surface area contributed by atoms with E-state index in [1.54, 1.807) is 18.1 Å². The highest BCUT2D eigenvalue weighted by Gasteiger charge is 2.31. The molecule has 1 amide bonds. The maximum absolute atomic E-state index is 12.7. The fourth-order valence-electron chi connectivity index (χ4n) is 3.20. The van der Waals surface area contributed by atoms with Crippen LogP contribution in [-0.4, -0.2) is 35.2 Å². The monoisotopic (exact) mass is 420 g/mol. The lowest BCUT2D eigenvalue weighted by Crippen LogP contribution is -2.45. The van der Waals surface area contributed by atoms with Crippen molar-refractivity contribution in [3.63, 3.8) is 0 Å². The molecule has 1 aliphatic rings. The molecule has 1 aliphatic carbocycles. The van der Waals surface area contributed by atoms with Gasteiger partial charge in [-0.25, -0.2) is 0 Å². The second-order valence-corrected chi connectivity index (χ2v) is 7.03. The summed E-state index contributed by atoms with van der Waals surface area (Å²) in [6, 6.07) is 9.26. The highest BCUT2D eigenvalue weighted by molar-refractivity contribution is 5.92. The Balaban J connectivity index is 1.78. The fraction of sp³-hybridized carbons (Fsp3) is 0.333. The van der Waals surface area contributed by atoms with Crippen molar-refractivity contribution in [2.75, 3.05) is 7.05 Å². The van der Waals surface area contributed by atoms with Crippen LogP contribution in [0, 0.1) is 0 Å². The summed E-state index contributed by atoms with van der Waals surface area (Å²) in [4.78, 5) is 18.8. The van der Waals surface area contributed by atoms with E-state index in [0.29, 0.717) is 17.8 Å². The maximum Gasteiger partial charge on any atom is 0.573 e. The molecule has 1 saturated carbocycles. The lowest BCUT2D eigenvalue weighted by molar-refractivity contribution is -0.274. The Labute approximate surface area is 172 Å². The molecule has 0 spiro atoms. The van der Waals surface area contributed by atoms with E-state index in [1.165, 1.54) is 30.5 Å². The van der Waals surface area contributed by atoms with Crippen LogP contribution >= 0.6 is 0 Å². The molecule has 30 heavy (non-hydrogen) atoms. The van der Waals surface area contributed by atoms with Crippen molar-refractivity contribution in [2.45, 2.75) is 38.2 Å². The summed E-state index contributed by atoms with van der Waals surface area (Å²) in [5.74, 6) is -0.531. The molecule has 0 saturated heterocycles.